The standard InChI is InChI=1S/C14H16F3N3O2S/c1-8-4-11(14(15,16)17)10(5-18)13(20-8)23-7-12(21)19-9(2)6-22-3/h4,9H,6-7H2,1-3H3,(H,19,21). The zero-order chi connectivity index (χ0) is 17.6. The summed E-state index contributed by atoms with van der Waals surface area (Å²) in [7, 11) is 1.49. The van der Waals surface area contributed by atoms with Crippen LogP contribution in [0.2, 0.25) is 0 Å². The van der Waals surface area contributed by atoms with E-state index in [1.54, 1.807) is 6.92 Å². The van der Waals surface area contributed by atoms with Gasteiger partial charge in [-0.15, -0.1) is 0 Å². The van der Waals surface area contributed by atoms with Crippen LogP contribution in [0.4, 0.5) is 13.2 Å². The predicted octanol–water partition coefficient (Wildman–Crippen LogP) is 2.52. The van der Waals surface area contributed by atoms with Crippen LogP contribution in [0.3, 0.4) is 0 Å². The molecule has 0 bridgehead atoms. The van der Waals surface area contributed by atoms with Crippen LogP contribution in [-0.2, 0) is 15.7 Å². The van der Waals surface area contributed by atoms with Crippen LogP contribution in [0.1, 0.15) is 23.7 Å². The van der Waals surface area contributed by atoms with Gasteiger partial charge >= 0.3 is 6.18 Å². The minimum atomic E-state index is -4.65. The van der Waals surface area contributed by atoms with Gasteiger partial charge in [0.25, 0.3) is 0 Å². The Morgan fingerprint density at radius 3 is 2.74 bits per heavy atom. The number of aryl methyl sites for hydroxylation is 1. The smallest absolute Gasteiger partial charge is 0.383 e. The number of methoxy groups -OCH3 is 1. The molecule has 0 spiro atoms. The van der Waals surface area contributed by atoms with Crippen LogP contribution in [0.25, 0.3) is 0 Å². The zero-order valence-electron chi connectivity index (χ0n) is 12.8. The number of nitriles is 1. The molecule has 0 aliphatic heterocycles. The second kappa shape index (κ2) is 8.17. The lowest BCUT2D eigenvalue weighted by molar-refractivity contribution is -0.138. The van der Waals surface area contributed by atoms with E-state index in [9.17, 15) is 18.0 Å². The van der Waals surface area contributed by atoms with Gasteiger partial charge in [0.15, 0.2) is 0 Å². The molecule has 1 amide bonds. The van der Waals surface area contributed by atoms with Crippen molar-refractivity contribution in [1.82, 2.24) is 10.3 Å². The first kappa shape index (κ1) is 19.3. The van der Waals surface area contributed by atoms with Crippen molar-refractivity contribution in [3.8, 4) is 6.07 Å². The number of nitrogens with zero attached hydrogens (tertiary/aromatic N) is 2. The summed E-state index contributed by atoms with van der Waals surface area (Å²) in [5.41, 5.74) is -1.47. The fourth-order valence-corrected chi connectivity index (χ4v) is 2.68. The fourth-order valence-electron chi connectivity index (χ4n) is 1.82. The first-order chi connectivity index (χ1) is 10.7. The average molecular weight is 347 g/mol. The first-order valence-electron chi connectivity index (χ1n) is 6.59. The van der Waals surface area contributed by atoms with Crippen LogP contribution in [-0.4, -0.2) is 36.4 Å². The fraction of sp³-hybridized carbons (Fsp3) is 0.500. The van der Waals surface area contributed by atoms with Gasteiger partial charge in [-0.2, -0.15) is 18.4 Å². The van der Waals surface area contributed by atoms with E-state index in [2.05, 4.69) is 10.3 Å². The lowest BCUT2D eigenvalue weighted by atomic mass is 10.1. The molecule has 1 heterocycles. The number of amides is 1. The minimum Gasteiger partial charge on any atom is -0.383 e. The maximum Gasteiger partial charge on any atom is 0.417 e. The van der Waals surface area contributed by atoms with Gasteiger partial charge in [0, 0.05) is 18.8 Å². The Bertz CT molecular complexity index is 615. The number of rotatable bonds is 6. The molecule has 23 heavy (non-hydrogen) atoms. The van der Waals surface area contributed by atoms with E-state index in [1.165, 1.54) is 20.1 Å². The van der Waals surface area contributed by atoms with Crippen molar-refractivity contribution in [3.05, 3.63) is 22.9 Å². The van der Waals surface area contributed by atoms with Crippen LogP contribution < -0.4 is 5.32 Å². The molecular formula is C14H16F3N3O2S. The van der Waals surface area contributed by atoms with E-state index in [4.69, 9.17) is 10.00 Å². The van der Waals surface area contributed by atoms with Crippen LogP contribution >= 0.6 is 11.8 Å². The number of thioether (sulfide) groups is 1. The average Bonchev–Trinajstić information content (AvgIpc) is 2.43. The second-order valence-corrected chi connectivity index (χ2v) is 5.78. The quantitative estimate of drug-likeness (QED) is 0.801. The number of alkyl halides is 3. The van der Waals surface area contributed by atoms with Gasteiger partial charge in [-0.25, -0.2) is 4.98 Å². The molecule has 5 nitrogen and oxygen atoms in total. The highest BCUT2D eigenvalue weighted by molar-refractivity contribution is 8.00. The third kappa shape index (κ3) is 5.73. The molecule has 126 valence electrons. The number of pyridine rings is 1. The maximum absolute atomic E-state index is 13.0. The lowest BCUT2D eigenvalue weighted by Gasteiger charge is -2.14. The van der Waals surface area contributed by atoms with Gasteiger partial charge < -0.3 is 10.1 Å². The monoisotopic (exact) mass is 347 g/mol. The normalized spacial score (nSPS) is 12.6. The van der Waals surface area contributed by atoms with E-state index in [0.29, 0.717) is 6.61 Å². The molecule has 0 fully saturated rings. The number of nitrogens with one attached hydrogen (secondary N) is 1. The highest BCUT2D eigenvalue weighted by Gasteiger charge is 2.35. The predicted molar refractivity (Wildman–Crippen MR) is 78.9 cm³/mol. The van der Waals surface area contributed by atoms with E-state index in [0.717, 1.165) is 17.8 Å². The van der Waals surface area contributed by atoms with Gasteiger partial charge in [-0.1, -0.05) is 11.8 Å². The first-order valence-corrected chi connectivity index (χ1v) is 7.57. The minimum absolute atomic E-state index is 0.102. The summed E-state index contributed by atoms with van der Waals surface area (Å²) in [5.74, 6) is -0.517. The Kier molecular flexibility index (Phi) is 6.84. The summed E-state index contributed by atoms with van der Waals surface area (Å²) in [6, 6.07) is 2.13. The van der Waals surface area contributed by atoms with Crippen molar-refractivity contribution in [3.63, 3.8) is 0 Å². The van der Waals surface area contributed by atoms with Crippen LogP contribution in [0, 0.1) is 18.3 Å². The van der Waals surface area contributed by atoms with E-state index in [-0.39, 0.29) is 28.4 Å². The number of halogens is 3. The van der Waals surface area contributed by atoms with Crippen molar-refractivity contribution in [2.75, 3.05) is 19.5 Å². The molecule has 0 radical (unpaired) electrons. The van der Waals surface area contributed by atoms with E-state index >= 15 is 0 Å². The number of carbonyl (C=O) groups is 1. The lowest BCUT2D eigenvalue weighted by Crippen LogP contribution is -2.36. The van der Waals surface area contributed by atoms with Gasteiger partial charge in [0.2, 0.25) is 5.91 Å². The number of ether oxygens (including phenoxy) is 1. The molecule has 9 heteroatoms. The molecule has 1 rings (SSSR count). The molecule has 0 saturated heterocycles. The Morgan fingerprint density at radius 1 is 1.57 bits per heavy atom. The highest BCUT2D eigenvalue weighted by Crippen LogP contribution is 2.35. The SMILES string of the molecule is COCC(C)NC(=O)CSc1nc(C)cc(C(F)(F)F)c1C#N. The molecule has 0 aliphatic carbocycles. The molecule has 0 saturated carbocycles. The van der Waals surface area contributed by atoms with Crippen molar-refractivity contribution in [1.29, 1.82) is 5.26 Å². The molecule has 1 atom stereocenters. The maximum atomic E-state index is 13.0. The summed E-state index contributed by atoms with van der Waals surface area (Å²) in [4.78, 5) is 15.7. The second-order valence-electron chi connectivity index (χ2n) is 4.81. The van der Waals surface area contributed by atoms with Gasteiger partial charge in [0.05, 0.1) is 23.5 Å². The summed E-state index contributed by atoms with van der Waals surface area (Å²) >= 11 is 0.798. The Hall–Kier alpha value is -1.79. The molecule has 1 unspecified atom stereocenters. The molecule has 1 aromatic rings. The van der Waals surface area contributed by atoms with Crippen molar-refractivity contribution >= 4 is 17.7 Å². The van der Waals surface area contributed by atoms with Gasteiger partial charge in [0.1, 0.15) is 11.1 Å². The third-order valence-corrected chi connectivity index (χ3v) is 3.67. The molecule has 0 aromatic carbocycles. The topological polar surface area (TPSA) is 75.0 Å². The Labute approximate surface area is 136 Å². The Balaban J connectivity index is 2.91. The third-order valence-electron chi connectivity index (χ3n) is 2.70. The highest BCUT2D eigenvalue weighted by atomic mass is 32.2. The van der Waals surface area contributed by atoms with Crippen molar-refractivity contribution < 1.29 is 22.7 Å². The van der Waals surface area contributed by atoms with E-state index in [1.807, 2.05) is 0 Å². The molecule has 0 aliphatic rings. The van der Waals surface area contributed by atoms with Crippen molar-refractivity contribution in [2.24, 2.45) is 0 Å². The largest absolute Gasteiger partial charge is 0.417 e. The van der Waals surface area contributed by atoms with E-state index < -0.39 is 17.3 Å². The molecule has 1 aromatic heterocycles. The zero-order valence-corrected chi connectivity index (χ0v) is 13.6. The van der Waals surface area contributed by atoms with Crippen LogP contribution in [0.15, 0.2) is 11.1 Å². The van der Waals surface area contributed by atoms with Gasteiger partial charge in [-0.05, 0) is 19.9 Å². The number of aromatic nitrogens is 1. The summed E-state index contributed by atoms with van der Waals surface area (Å²) in [6.45, 7) is 3.46. The summed E-state index contributed by atoms with van der Waals surface area (Å²) < 4.78 is 43.8. The van der Waals surface area contributed by atoms with Crippen molar-refractivity contribution in [2.45, 2.75) is 31.1 Å². The summed E-state index contributed by atoms with van der Waals surface area (Å²) in [6.07, 6.45) is -4.65. The number of carbonyl (C=O) groups excluding carboxylic acids is 1. The van der Waals surface area contributed by atoms with Crippen LogP contribution in [0.5, 0.6) is 0 Å². The summed E-state index contributed by atoms with van der Waals surface area (Å²) in [5, 5.41) is 11.5. The Morgan fingerprint density at radius 2 is 2.22 bits per heavy atom. The van der Waals surface area contributed by atoms with Gasteiger partial charge in [-0.3, -0.25) is 4.79 Å². The number of hydrogen-bond donors (Lipinski definition) is 1. The molecule has 1 N–H and O–H groups in total. The number of hydrogen-bond acceptors (Lipinski definition) is 5. The molecular weight excluding hydrogens is 331 g/mol.